The number of alkyl halides is 2. The van der Waals surface area contributed by atoms with Gasteiger partial charge in [0.25, 0.3) is 6.43 Å². The molecule has 0 unspecified atom stereocenters. The summed E-state index contributed by atoms with van der Waals surface area (Å²) in [6.45, 7) is 0. The third-order valence-electron chi connectivity index (χ3n) is 1.77. The fourth-order valence-electron chi connectivity index (χ4n) is 1.13. The fraction of sp³-hybridized carbons (Fsp3) is 0.167. The van der Waals surface area contributed by atoms with Gasteiger partial charge in [0.05, 0.1) is 5.56 Å². The predicted molar refractivity (Wildman–Crippen MR) is 51.6 cm³/mol. The molecule has 1 rings (SSSR count). The molecule has 1 aromatic rings. The standard InChI is InChI=1S/C6H6F2N4O4S/c7-5(8)2-1-11-6(12(13)14)3(9)4(2)17(10,15)16/h1,5H,9H2,(H2,10,15,16). The van der Waals surface area contributed by atoms with Crippen molar-refractivity contribution >= 4 is 21.5 Å². The quantitative estimate of drug-likeness (QED) is 0.590. The van der Waals surface area contributed by atoms with Crippen molar-refractivity contribution in [2.24, 2.45) is 5.14 Å². The van der Waals surface area contributed by atoms with Crippen molar-refractivity contribution in [1.29, 1.82) is 0 Å². The lowest BCUT2D eigenvalue weighted by Crippen LogP contribution is -2.18. The van der Waals surface area contributed by atoms with E-state index in [1.54, 1.807) is 0 Å². The number of hydrogen-bond acceptors (Lipinski definition) is 6. The highest BCUT2D eigenvalue weighted by Crippen LogP contribution is 2.33. The number of halogens is 2. The van der Waals surface area contributed by atoms with Crippen LogP contribution in [0.2, 0.25) is 0 Å². The average molecular weight is 268 g/mol. The second kappa shape index (κ2) is 4.18. The molecule has 0 aliphatic rings. The smallest absolute Gasteiger partial charge is 0.388 e. The Morgan fingerprint density at radius 3 is 2.35 bits per heavy atom. The lowest BCUT2D eigenvalue weighted by atomic mass is 10.2. The maximum absolute atomic E-state index is 12.5. The van der Waals surface area contributed by atoms with Crippen molar-refractivity contribution in [3.05, 3.63) is 21.9 Å². The zero-order chi connectivity index (χ0) is 13.4. The van der Waals surface area contributed by atoms with Crippen LogP contribution in [-0.2, 0) is 10.0 Å². The fourth-order valence-corrected chi connectivity index (χ4v) is 2.00. The van der Waals surface area contributed by atoms with Crippen LogP contribution in [0.4, 0.5) is 20.3 Å². The normalized spacial score (nSPS) is 11.8. The number of primary sulfonamides is 1. The second-order valence-corrected chi connectivity index (χ2v) is 4.38. The number of nitrogen functional groups attached to an aromatic ring is 1. The summed E-state index contributed by atoms with van der Waals surface area (Å²) < 4.78 is 47.1. The molecule has 17 heavy (non-hydrogen) atoms. The summed E-state index contributed by atoms with van der Waals surface area (Å²) >= 11 is 0. The maximum Gasteiger partial charge on any atom is 0.388 e. The molecule has 0 amide bonds. The molecule has 1 aromatic heterocycles. The van der Waals surface area contributed by atoms with Gasteiger partial charge in [0.1, 0.15) is 4.90 Å². The zero-order valence-corrected chi connectivity index (χ0v) is 8.82. The first-order valence-corrected chi connectivity index (χ1v) is 5.44. The minimum atomic E-state index is -4.61. The van der Waals surface area contributed by atoms with E-state index < -0.39 is 43.3 Å². The molecule has 0 atom stereocenters. The number of hydrogen-bond donors (Lipinski definition) is 2. The van der Waals surface area contributed by atoms with Crippen LogP contribution in [0.5, 0.6) is 0 Å². The molecule has 94 valence electrons. The molecule has 0 saturated carbocycles. The number of aromatic nitrogens is 1. The topological polar surface area (TPSA) is 142 Å². The molecular weight excluding hydrogens is 262 g/mol. The highest BCUT2D eigenvalue weighted by molar-refractivity contribution is 7.89. The molecule has 0 fully saturated rings. The van der Waals surface area contributed by atoms with Gasteiger partial charge in [0, 0.05) is 0 Å². The van der Waals surface area contributed by atoms with Crippen molar-refractivity contribution in [2.75, 3.05) is 5.73 Å². The Morgan fingerprint density at radius 1 is 1.47 bits per heavy atom. The van der Waals surface area contributed by atoms with Crippen molar-refractivity contribution in [2.45, 2.75) is 11.3 Å². The first-order chi connectivity index (χ1) is 7.66. The monoisotopic (exact) mass is 268 g/mol. The van der Waals surface area contributed by atoms with Crippen molar-refractivity contribution in [1.82, 2.24) is 4.98 Å². The predicted octanol–water partition coefficient (Wildman–Crippen LogP) is 0.157. The van der Waals surface area contributed by atoms with E-state index in [1.165, 1.54) is 0 Å². The molecule has 4 N–H and O–H groups in total. The largest absolute Gasteiger partial charge is 0.391 e. The van der Waals surface area contributed by atoms with Crippen LogP contribution in [0.3, 0.4) is 0 Å². The highest BCUT2D eigenvalue weighted by Gasteiger charge is 2.31. The van der Waals surface area contributed by atoms with Gasteiger partial charge in [-0.1, -0.05) is 0 Å². The number of pyridine rings is 1. The van der Waals surface area contributed by atoms with Crippen LogP contribution in [-0.4, -0.2) is 18.3 Å². The van der Waals surface area contributed by atoms with Crippen LogP contribution in [0, 0.1) is 10.1 Å². The van der Waals surface area contributed by atoms with E-state index in [2.05, 4.69) is 10.1 Å². The van der Waals surface area contributed by atoms with Gasteiger partial charge in [-0.3, -0.25) is 0 Å². The van der Waals surface area contributed by atoms with E-state index >= 15 is 0 Å². The molecular formula is C6H6F2N4O4S. The Kier molecular flexibility index (Phi) is 3.24. The second-order valence-electron chi connectivity index (χ2n) is 2.88. The number of rotatable bonds is 3. The van der Waals surface area contributed by atoms with E-state index in [0.717, 1.165) is 0 Å². The van der Waals surface area contributed by atoms with Gasteiger partial charge in [0.2, 0.25) is 10.0 Å². The van der Waals surface area contributed by atoms with Crippen LogP contribution < -0.4 is 10.9 Å². The summed E-state index contributed by atoms with van der Waals surface area (Å²) in [5.74, 6) is -1.04. The van der Waals surface area contributed by atoms with Gasteiger partial charge >= 0.3 is 5.82 Å². The molecule has 0 aliphatic carbocycles. The van der Waals surface area contributed by atoms with Gasteiger partial charge in [-0.25, -0.2) is 22.3 Å². The Bertz CT molecular complexity index is 574. The van der Waals surface area contributed by atoms with E-state index in [9.17, 15) is 27.3 Å². The van der Waals surface area contributed by atoms with Gasteiger partial charge in [-0.05, 0) is 9.91 Å². The molecule has 0 bridgehead atoms. The van der Waals surface area contributed by atoms with Gasteiger partial charge in [-0.15, -0.1) is 0 Å². The Morgan fingerprint density at radius 2 is 2.00 bits per heavy atom. The average Bonchev–Trinajstić information content (AvgIpc) is 2.14. The van der Waals surface area contributed by atoms with Gasteiger partial charge in [0.15, 0.2) is 11.9 Å². The molecule has 0 saturated heterocycles. The number of nitrogens with two attached hydrogens (primary N) is 2. The Labute approximate surface area is 93.4 Å². The molecule has 11 heteroatoms. The third kappa shape index (κ3) is 2.45. The number of anilines is 1. The SMILES string of the molecule is Nc1c([N+](=O)[O-])ncc(C(F)F)c1S(N)(=O)=O. The third-order valence-corrected chi connectivity index (χ3v) is 2.79. The van der Waals surface area contributed by atoms with Crippen molar-refractivity contribution in [3.8, 4) is 0 Å². The summed E-state index contributed by atoms with van der Waals surface area (Å²) in [5.41, 5.74) is 3.03. The number of nitro groups is 1. The maximum atomic E-state index is 12.5. The van der Waals surface area contributed by atoms with E-state index in [1.807, 2.05) is 0 Å². The summed E-state index contributed by atoms with van der Waals surface area (Å²) in [4.78, 5) is 11.2. The first kappa shape index (κ1) is 13.2. The zero-order valence-electron chi connectivity index (χ0n) is 8.00. The van der Waals surface area contributed by atoms with Crippen LogP contribution in [0.25, 0.3) is 0 Å². The van der Waals surface area contributed by atoms with Crippen LogP contribution >= 0.6 is 0 Å². The minimum absolute atomic E-state index is 0.360. The van der Waals surface area contributed by atoms with E-state index in [4.69, 9.17) is 5.73 Å². The summed E-state index contributed by atoms with van der Waals surface area (Å²) in [7, 11) is -4.61. The molecule has 0 radical (unpaired) electrons. The highest BCUT2D eigenvalue weighted by atomic mass is 32.2. The van der Waals surface area contributed by atoms with E-state index in [-0.39, 0.29) is 0 Å². The number of sulfonamides is 1. The molecule has 0 aliphatic heterocycles. The van der Waals surface area contributed by atoms with Crippen LogP contribution in [0.15, 0.2) is 11.1 Å². The lowest BCUT2D eigenvalue weighted by Gasteiger charge is -2.07. The Hall–Kier alpha value is -1.88. The minimum Gasteiger partial charge on any atom is -0.391 e. The molecule has 0 aromatic carbocycles. The molecule has 0 spiro atoms. The van der Waals surface area contributed by atoms with Crippen molar-refractivity contribution in [3.63, 3.8) is 0 Å². The summed E-state index contributed by atoms with van der Waals surface area (Å²) in [6.07, 6.45) is -2.86. The Balaban J connectivity index is 3.72. The van der Waals surface area contributed by atoms with E-state index in [0.29, 0.717) is 6.20 Å². The van der Waals surface area contributed by atoms with Crippen LogP contribution in [0.1, 0.15) is 12.0 Å². The van der Waals surface area contributed by atoms with Crippen molar-refractivity contribution < 1.29 is 22.1 Å². The first-order valence-electron chi connectivity index (χ1n) is 3.90. The molecule has 8 nitrogen and oxygen atoms in total. The summed E-state index contributed by atoms with van der Waals surface area (Å²) in [6, 6.07) is 0. The van der Waals surface area contributed by atoms with Gasteiger partial charge < -0.3 is 15.8 Å². The molecule has 1 heterocycles. The lowest BCUT2D eigenvalue weighted by molar-refractivity contribution is -0.388. The van der Waals surface area contributed by atoms with Gasteiger partial charge in [-0.2, -0.15) is 0 Å². The number of nitrogens with zero attached hydrogens (tertiary/aromatic N) is 2. The summed E-state index contributed by atoms with van der Waals surface area (Å²) in [5, 5.41) is 15.1.